The Bertz CT molecular complexity index is 1590. The number of halogens is 8. The second-order valence-corrected chi connectivity index (χ2v) is 14.3. The molecule has 2 fully saturated rings. The lowest BCUT2D eigenvalue weighted by Gasteiger charge is -2.44. The van der Waals surface area contributed by atoms with Crippen molar-refractivity contribution in [1.29, 1.82) is 0 Å². The summed E-state index contributed by atoms with van der Waals surface area (Å²) >= 11 is 0. The van der Waals surface area contributed by atoms with Gasteiger partial charge in [-0.15, -0.1) is 0 Å². The first-order valence-corrected chi connectivity index (χ1v) is 15.8. The predicted molar refractivity (Wildman–Crippen MR) is 143 cm³/mol. The molecular formula is C30H29F8NO5S. The summed E-state index contributed by atoms with van der Waals surface area (Å²) in [5.41, 5.74) is -7.87. The number of amides is 1. The first-order chi connectivity index (χ1) is 20.8. The average Bonchev–Trinajstić information content (AvgIpc) is 3.37. The molecule has 5 atom stereocenters. The van der Waals surface area contributed by atoms with Gasteiger partial charge in [0.05, 0.1) is 16.9 Å². The van der Waals surface area contributed by atoms with Crippen molar-refractivity contribution in [3.63, 3.8) is 0 Å². The molecule has 45 heavy (non-hydrogen) atoms. The number of sulfone groups is 1. The van der Waals surface area contributed by atoms with Gasteiger partial charge in [0.2, 0.25) is 5.91 Å². The molecular weight excluding hydrogens is 638 g/mol. The van der Waals surface area contributed by atoms with Gasteiger partial charge in [-0.25, -0.2) is 17.2 Å². The van der Waals surface area contributed by atoms with Crippen molar-refractivity contribution >= 4 is 21.7 Å². The summed E-state index contributed by atoms with van der Waals surface area (Å²) in [6.07, 6.45) is -12.8. The van der Waals surface area contributed by atoms with E-state index in [1.54, 1.807) is 6.92 Å². The van der Waals surface area contributed by atoms with Gasteiger partial charge < -0.3 is 10.0 Å². The molecule has 1 saturated carbocycles. The molecule has 6 nitrogen and oxygen atoms in total. The number of nitrogens with zero attached hydrogens (tertiary/aromatic N) is 1. The van der Waals surface area contributed by atoms with Gasteiger partial charge >= 0.3 is 24.0 Å². The van der Waals surface area contributed by atoms with Gasteiger partial charge in [-0.05, 0) is 79.8 Å². The summed E-state index contributed by atoms with van der Waals surface area (Å²) in [6, 6.07) is 4.07. The van der Waals surface area contributed by atoms with Crippen molar-refractivity contribution in [2.75, 3.05) is 6.54 Å². The van der Waals surface area contributed by atoms with E-state index in [0.29, 0.717) is 6.07 Å². The monoisotopic (exact) mass is 667 g/mol. The van der Waals surface area contributed by atoms with Crippen LogP contribution < -0.4 is 0 Å². The maximum Gasteiger partial charge on any atom is 0.435 e. The topological polar surface area (TPSA) is 91.8 Å². The standard InChI is InChI=1S/C30H29F8NO5S/c1-16-14-18(26(41)42)2-9-22(16)25(40)39-13-12-27(45(43,44)21-7-5-20(31)6-8-21)23-10-4-19(15-17(23)3-11-24(27)39)28(32,29(33,34)35)30(36,37)38/h4-8,10,15-16,18,22,24H,2-3,9,11-14H2,1H3,(H,41,42)/t16-,18?,22-,24-,27-/m1/s1. The van der Waals surface area contributed by atoms with Crippen molar-refractivity contribution in [2.45, 2.75) is 79.2 Å². The largest absolute Gasteiger partial charge is 0.481 e. The number of aryl methyl sites for hydroxylation is 1. The zero-order valence-electron chi connectivity index (χ0n) is 23.8. The fourth-order valence-corrected chi connectivity index (χ4v) is 9.89. The highest BCUT2D eigenvalue weighted by Crippen LogP contribution is 2.57. The fraction of sp³-hybridized carbons (Fsp3) is 0.533. The van der Waals surface area contributed by atoms with Gasteiger partial charge in [-0.2, -0.15) is 26.3 Å². The lowest BCUT2D eigenvalue weighted by atomic mass is 9.73. The summed E-state index contributed by atoms with van der Waals surface area (Å²) in [4.78, 5) is 26.4. The lowest BCUT2D eigenvalue weighted by molar-refractivity contribution is -0.348. The molecule has 0 spiro atoms. The second-order valence-electron chi connectivity index (χ2n) is 12.1. The molecule has 1 unspecified atom stereocenters. The van der Waals surface area contributed by atoms with Crippen LogP contribution in [0, 0.1) is 23.6 Å². The van der Waals surface area contributed by atoms with E-state index >= 15 is 4.39 Å². The maximum atomic E-state index is 15.0. The Morgan fingerprint density at radius 1 is 0.933 bits per heavy atom. The van der Waals surface area contributed by atoms with Crippen LogP contribution in [-0.4, -0.2) is 55.2 Å². The number of benzene rings is 2. The number of carbonyl (C=O) groups is 2. The number of hydrogen-bond acceptors (Lipinski definition) is 4. The highest BCUT2D eigenvalue weighted by molar-refractivity contribution is 7.92. The minimum Gasteiger partial charge on any atom is -0.481 e. The van der Waals surface area contributed by atoms with Gasteiger partial charge in [0.15, 0.2) is 9.84 Å². The molecule has 1 N–H and O–H groups in total. The number of carboxylic acid groups (broad SMARTS) is 1. The van der Waals surface area contributed by atoms with Crippen molar-refractivity contribution in [2.24, 2.45) is 17.8 Å². The third kappa shape index (κ3) is 4.99. The molecule has 2 aliphatic carbocycles. The molecule has 1 heterocycles. The number of hydrogen-bond donors (Lipinski definition) is 1. The summed E-state index contributed by atoms with van der Waals surface area (Å²) < 4.78 is 137. The van der Waals surface area contributed by atoms with Crippen LogP contribution in [0.3, 0.4) is 0 Å². The molecule has 1 saturated heterocycles. The van der Waals surface area contributed by atoms with Gasteiger partial charge in [0.25, 0.3) is 0 Å². The Kier molecular flexibility index (Phi) is 8.06. The second kappa shape index (κ2) is 10.9. The Morgan fingerprint density at radius 2 is 1.56 bits per heavy atom. The van der Waals surface area contributed by atoms with E-state index in [2.05, 4.69) is 0 Å². The van der Waals surface area contributed by atoms with Crippen LogP contribution in [0.25, 0.3) is 0 Å². The molecule has 1 amide bonds. The molecule has 5 rings (SSSR count). The molecule has 2 aromatic carbocycles. The molecule has 3 aliphatic rings. The molecule has 1 aliphatic heterocycles. The fourth-order valence-electron chi connectivity index (χ4n) is 7.52. The first-order valence-electron chi connectivity index (χ1n) is 14.3. The van der Waals surface area contributed by atoms with E-state index < -0.39 is 73.7 Å². The van der Waals surface area contributed by atoms with Crippen molar-refractivity contribution in [3.05, 3.63) is 65.0 Å². The maximum absolute atomic E-state index is 15.0. The van der Waals surface area contributed by atoms with E-state index in [1.807, 2.05) is 0 Å². The van der Waals surface area contributed by atoms with Crippen LogP contribution in [0.4, 0.5) is 35.1 Å². The normalized spacial score (nSPS) is 27.5. The van der Waals surface area contributed by atoms with Crippen LogP contribution in [0.5, 0.6) is 0 Å². The first kappa shape index (κ1) is 33.1. The highest BCUT2D eigenvalue weighted by Gasteiger charge is 2.74. The van der Waals surface area contributed by atoms with Crippen molar-refractivity contribution in [1.82, 2.24) is 4.90 Å². The van der Waals surface area contributed by atoms with Gasteiger partial charge in [0, 0.05) is 18.0 Å². The Labute approximate surface area is 253 Å². The number of rotatable bonds is 5. The third-order valence-corrected chi connectivity index (χ3v) is 12.3. The smallest absolute Gasteiger partial charge is 0.435 e. The molecule has 2 aromatic rings. The van der Waals surface area contributed by atoms with Gasteiger partial charge in [-0.1, -0.05) is 25.1 Å². The van der Waals surface area contributed by atoms with E-state index in [9.17, 15) is 53.8 Å². The zero-order valence-corrected chi connectivity index (χ0v) is 24.6. The Hall–Kier alpha value is -3.23. The third-order valence-electron chi connectivity index (χ3n) is 9.79. The van der Waals surface area contributed by atoms with Gasteiger partial charge in [0.1, 0.15) is 10.6 Å². The number of aliphatic carboxylic acids is 1. The molecule has 0 radical (unpaired) electrons. The van der Waals surface area contributed by atoms with Crippen LogP contribution in [0.1, 0.15) is 55.7 Å². The summed E-state index contributed by atoms with van der Waals surface area (Å²) in [7, 11) is -4.60. The molecule has 0 aromatic heterocycles. The van der Waals surface area contributed by atoms with E-state index in [4.69, 9.17) is 0 Å². The number of alkyl halides is 7. The lowest BCUT2D eigenvalue weighted by Crippen LogP contribution is -2.54. The number of fused-ring (bicyclic) bond motifs is 3. The van der Waals surface area contributed by atoms with E-state index in [-0.39, 0.29) is 73.1 Å². The highest BCUT2D eigenvalue weighted by atomic mass is 32.2. The number of carbonyl (C=O) groups excluding carboxylic acids is 1. The molecule has 0 bridgehead atoms. The number of carboxylic acids is 1. The zero-order chi connectivity index (χ0) is 33.3. The average molecular weight is 668 g/mol. The van der Waals surface area contributed by atoms with Crippen LogP contribution in [-0.2, 0) is 36.3 Å². The Balaban J connectivity index is 1.63. The van der Waals surface area contributed by atoms with Crippen molar-refractivity contribution < 1.29 is 58.2 Å². The van der Waals surface area contributed by atoms with Crippen LogP contribution in [0.2, 0.25) is 0 Å². The molecule has 15 heteroatoms. The molecule has 246 valence electrons. The summed E-state index contributed by atoms with van der Waals surface area (Å²) in [5, 5.41) is 9.41. The summed E-state index contributed by atoms with van der Waals surface area (Å²) in [6.45, 7) is 1.59. The minimum atomic E-state index is -6.37. The Morgan fingerprint density at radius 3 is 2.11 bits per heavy atom. The van der Waals surface area contributed by atoms with E-state index in [1.165, 1.54) is 4.90 Å². The summed E-state index contributed by atoms with van der Waals surface area (Å²) in [5.74, 6) is -3.83. The van der Waals surface area contributed by atoms with E-state index in [0.717, 1.165) is 30.3 Å². The SMILES string of the molecule is C[C@@H]1CC(C(=O)O)CC[C@H]1C(=O)N1CC[C@@]2(S(=O)(=O)c3ccc(F)cc3)c3ccc(C(F)(C(F)(F)F)C(F)(F)F)cc3CC[C@@H]12. The van der Waals surface area contributed by atoms with Gasteiger partial charge in [-0.3, -0.25) is 9.59 Å². The number of likely N-dealkylation sites (tertiary alicyclic amines) is 1. The minimum absolute atomic E-state index is 0.130. The van der Waals surface area contributed by atoms with Crippen LogP contribution in [0.15, 0.2) is 47.4 Å². The quantitative estimate of drug-likeness (QED) is 0.292. The predicted octanol–water partition coefficient (Wildman–Crippen LogP) is 6.47. The van der Waals surface area contributed by atoms with Crippen LogP contribution >= 0.6 is 0 Å². The van der Waals surface area contributed by atoms with Crippen molar-refractivity contribution in [3.8, 4) is 0 Å².